The quantitative estimate of drug-likeness (QED) is 0.500. The molecule has 0 amide bonds. The third-order valence-corrected chi connectivity index (χ3v) is 7.85. The van der Waals surface area contributed by atoms with E-state index >= 15 is 4.39 Å². The Kier molecular flexibility index (Phi) is 6.74. The third kappa shape index (κ3) is 4.44. The number of pyridine rings is 1. The van der Waals surface area contributed by atoms with Gasteiger partial charge in [-0.25, -0.2) is 13.8 Å². The molecule has 180 valence electrons. The number of hydrogen-bond donors (Lipinski definition) is 1. The van der Waals surface area contributed by atoms with E-state index in [1.165, 1.54) is 13.3 Å². The summed E-state index contributed by atoms with van der Waals surface area (Å²) in [6.45, 7) is 3.51. The molecule has 34 heavy (non-hydrogen) atoms. The molecular weight excluding hydrogens is 464 g/mol. The van der Waals surface area contributed by atoms with Crippen LogP contribution in [0.3, 0.4) is 0 Å². The molecule has 2 heterocycles. The molecular formula is C23H25FN3O6P. The minimum absolute atomic E-state index is 0.0155. The van der Waals surface area contributed by atoms with E-state index in [1.807, 2.05) is 13.0 Å². The minimum atomic E-state index is -3.59. The fraction of sp³-hybridized carbons (Fsp3) is 0.304. The Bertz CT molecular complexity index is 1320. The Morgan fingerprint density at radius 3 is 2.41 bits per heavy atom. The van der Waals surface area contributed by atoms with Gasteiger partial charge in [-0.2, -0.15) is 4.67 Å². The van der Waals surface area contributed by atoms with Crippen LogP contribution in [0.4, 0.5) is 10.1 Å². The molecule has 0 spiro atoms. The first-order valence-corrected chi connectivity index (χ1v) is 12.3. The number of carboxylic acids is 1. The number of carboxylic acid groups (broad SMARTS) is 1. The van der Waals surface area contributed by atoms with Crippen LogP contribution in [0.5, 0.6) is 5.75 Å². The van der Waals surface area contributed by atoms with Crippen LogP contribution in [0.25, 0.3) is 10.9 Å². The molecule has 1 N–H and O–H groups in total. The number of benzene rings is 2. The molecule has 1 aliphatic rings. The maximum absolute atomic E-state index is 15.1. The van der Waals surface area contributed by atoms with E-state index < -0.39 is 30.5 Å². The number of carbonyl (C=O) groups is 1. The lowest BCUT2D eigenvalue weighted by Gasteiger charge is -2.38. The van der Waals surface area contributed by atoms with Crippen LogP contribution in [0.15, 0.2) is 53.5 Å². The van der Waals surface area contributed by atoms with Crippen molar-refractivity contribution in [1.82, 2.24) is 9.24 Å². The highest BCUT2D eigenvalue weighted by Gasteiger charge is 2.37. The number of anilines is 1. The average Bonchev–Trinajstić information content (AvgIpc) is 2.84. The molecule has 1 atom stereocenters. The number of rotatable bonds is 7. The van der Waals surface area contributed by atoms with Crippen LogP contribution in [-0.2, 0) is 15.6 Å². The summed E-state index contributed by atoms with van der Waals surface area (Å²) in [5.41, 5.74) is -0.384. The maximum atomic E-state index is 15.1. The van der Waals surface area contributed by atoms with Crippen molar-refractivity contribution in [3.63, 3.8) is 0 Å². The summed E-state index contributed by atoms with van der Waals surface area (Å²) in [6.07, 6.45) is 1.28. The first kappa shape index (κ1) is 23.9. The van der Waals surface area contributed by atoms with Gasteiger partial charge in [-0.05, 0) is 31.2 Å². The van der Waals surface area contributed by atoms with E-state index in [1.54, 1.807) is 44.5 Å². The zero-order valence-corrected chi connectivity index (χ0v) is 19.7. The van der Waals surface area contributed by atoms with Crippen LogP contribution in [0.2, 0.25) is 0 Å². The van der Waals surface area contributed by atoms with Crippen LogP contribution in [-0.4, -0.2) is 53.6 Å². The maximum Gasteiger partial charge on any atom is 0.461 e. The summed E-state index contributed by atoms with van der Waals surface area (Å²) in [4.78, 5) is 25.8. The lowest BCUT2D eigenvalue weighted by molar-refractivity contribution is 0.0694. The van der Waals surface area contributed by atoms with Gasteiger partial charge in [-0.15, -0.1) is 0 Å². The first-order chi connectivity index (χ1) is 16.3. The van der Waals surface area contributed by atoms with Crippen molar-refractivity contribution in [2.24, 2.45) is 0 Å². The zero-order valence-electron chi connectivity index (χ0n) is 18.8. The number of piperazine rings is 1. The lowest BCUT2D eigenvalue weighted by atomic mass is 10.1. The van der Waals surface area contributed by atoms with Gasteiger partial charge >= 0.3 is 13.7 Å². The van der Waals surface area contributed by atoms with Gasteiger partial charge in [0.2, 0.25) is 5.43 Å². The summed E-state index contributed by atoms with van der Waals surface area (Å²) in [7, 11) is -2.26. The molecule has 9 nitrogen and oxygen atoms in total. The molecule has 1 fully saturated rings. The molecule has 3 aromatic rings. The summed E-state index contributed by atoms with van der Waals surface area (Å²) in [6, 6.07) is 11.4. The van der Waals surface area contributed by atoms with Gasteiger partial charge in [0.1, 0.15) is 17.1 Å². The Morgan fingerprint density at radius 2 is 1.82 bits per heavy atom. The summed E-state index contributed by atoms with van der Waals surface area (Å²) < 4.78 is 42.5. The molecule has 0 aliphatic carbocycles. The van der Waals surface area contributed by atoms with Crippen LogP contribution >= 0.6 is 7.75 Å². The molecule has 1 unspecified atom stereocenters. The van der Waals surface area contributed by atoms with Crippen molar-refractivity contribution in [3.8, 4) is 5.75 Å². The van der Waals surface area contributed by atoms with Gasteiger partial charge in [0.25, 0.3) is 0 Å². The highest BCUT2D eigenvalue weighted by Crippen LogP contribution is 2.51. The fourth-order valence-corrected chi connectivity index (χ4v) is 5.54. The SMILES string of the molecule is CCn1cc(C(=O)O)c(=O)c2cc(F)c(N3CCN(P(=O)(OC)Oc4ccccc4)CC3)cc21. The summed E-state index contributed by atoms with van der Waals surface area (Å²) in [5.74, 6) is -1.55. The van der Waals surface area contributed by atoms with Gasteiger partial charge in [-0.1, -0.05) is 18.2 Å². The monoisotopic (exact) mass is 489 g/mol. The van der Waals surface area contributed by atoms with Crippen molar-refractivity contribution in [1.29, 1.82) is 0 Å². The largest absolute Gasteiger partial charge is 0.477 e. The number of aromatic nitrogens is 1. The van der Waals surface area contributed by atoms with Crippen molar-refractivity contribution >= 4 is 30.3 Å². The van der Waals surface area contributed by atoms with Crippen molar-refractivity contribution in [2.45, 2.75) is 13.5 Å². The Balaban J connectivity index is 1.60. The van der Waals surface area contributed by atoms with Crippen LogP contribution in [0.1, 0.15) is 17.3 Å². The predicted molar refractivity (Wildman–Crippen MR) is 126 cm³/mol. The van der Waals surface area contributed by atoms with E-state index in [2.05, 4.69) is 0 Å². The van der Waals surface area contributed by atoms with Gasteiger partial charge in [-0.3, -0.25) is 9.32 Å². The van der Waals surface area contributed by atoms with E-state index in [-0.39, 0.29) is 11.1 Å². The number of fused-ring (bicyclic) bond motifs is 1. The molecule has 0 bridgehead atoms. The number of hydrogen-bond acceptors (Lipinski definition) is 6. The average molecular weight is 489 g/mol. The second-order valence-electron chi connectivity index (χ2n) is 7.78. The van der Waals surface area contributed by atoms with Gasteiger partial charge in [0.15, 0.2) is 0 Å². The Morgan fingerprint density at radius 1 is 1.15 bits per heavy atom. The number of nitrogens with zero attached hydrogens (tertiary/aromatic N) is 3. The highest BCUT2D eigenvalue weighted by molar-refractivity contribution is 7.51. The molecule has 4 rings (SSSR count). The Hall–Kier alpha value is -3.20. The third-order valence-electron chi connectivity index (χ3n) is 5.86. The van der Waals surface area contributed by atoms with Crippen LogP contribution in [0, 0.1) is 5.82 Å². The number of para-hydroxylation sites is 1. The normalized spacial score (nSPS) is 16.4. The van der Waals surface area contributed by atoms with Gasteiger partial charge in [0, 0.05) is 51.4 Å². The second-order valence-corrected chi connectivity index (χ2v) is 9.83. The molecule has 11 heteroatoms. The molecule has 1 aliphatic heterocycles. The van der Waals surface area contributed by atoms with E-state index in [4.69, 9.17) is 9.05 Å². The topological polar surface area (TPSA) is 101 Å². The molecule has 2 aromatic carbocycles. The summed E-state index contributed by atoms with van der Waals surface area (Å²) >= 11 is 0. The lowest BCUT2D eigenvalue weighted by Crippen LogP contribution is -2.46. The van der Waals surface area contributed by atoms with Crippen molar-refractivity contribution in [2.75, 3.05) is 38.2 Å². The van der Waals surface area contributed by atoms with E-state index in [0.29, 0.717) is 44.0 Å². The molecule has 1 saturated heterocycles. The van der Waals surface area contributed by atoms with Crippen LogP contribution < -0.4 is 14.9 Å². The molecule has 1 aromatic heterocycles. The minimum Gasteiger partial charge on any atom is -0.477 e. The predicted octanol–water partition coefficient (Wildman–Crippen LogP) is 3.81. The Labute approximate surface area is 195 Å². The van der Waals surface area contributed by atoms with E-state index in [9.17, 15) is 19.3 Å². The smallest absolute Gasteiger partial charge is 0.461 e. The van der Waals surface area contributed by atoms with Crippen molar-refractivity contribution in [3.05, 3.63) is 70.3 Å². The second kappa shape index (κ2) is 9.58. The van der Waals surface area contributed by atoms with Crippen molar-refractivity contribution < 1.29 is 27.9 Å². The van der Waals surface area contributed by atoms with E-state index in [0.717, 1.165) is 6.07 Å². The van der Waals surface area contributed by atoms with Gasteiger partial charge < -0.3 is 19.1 Å². The number of aromatic carboxylic acids is 1. The fourth-order valence-electron chi connectivity index (χ4n) is 4.06. The first-order valence-electron chi connectivity index (χ1n) is 10.8. The highest BCUT2D eigenvalue weighted by atomic mass is 31.2. The zero-order chi connectivity index (χ0) is 24.5. The molecule has 0 radical (unpaired) electrons. The number of halogens is 1. The number of aryl methyl sites for hydroxylation is 1. The standard InChI is InChI=1S/C23H25FN3O6P/c1-3-25-15-18(23(29)30)22(28)17-13-19(24)21(14-20(17)25)26-9-11-27(12-10-26)34(31,32-2)33-16-7-5-4-6-8-16/h4-8,13-15H,3,9-12H2,1-2H3,(H,29,30). The summed E-state index contributed by atoms with van der Waals surface area (Å²) in [5, 5.41) is 9.33. The van der Waals surface area contributed by atoms with Gasteiger partial charge in [0.05, 0.1) is 11.2 Å². The molecule has 0 saturated carbocycles.